The van der Waals surface area contributed by atoms with E-state index in [1.54, 1.807) is 0 Å². The summed E-state index contributed by atoms with van der Waals surface area (Å²) < 4.78 is 5.67. The predicted molar refractivity (Wildman–Crippen MR) is 83.0 cm³/mol. The zero-order valence-corrected chi connectivity index (χ0v) is 12.8. The monoisotopic (exact) mass is 286 g/mol. The van der Waals surface area contributed by atoms with Crippen molar-refractivity contribution < 1.29 is 9.53 Å². The third kappa shape index (κ3) is 3.84. The van der Waals surface area contributed by atoms with Gasteiger partial charge in [0, 0.05) is 24.2 Å². The van der Waals surface area contributed by atoms with E-state index in [0.29, 0.717) is 25.2 Å². The number of nitrogens with two attached hydrogens (primary N) is 1. The molecule has 2 rings (SSSR count). The minimum absolute atomic E-state index is 0.0350. The van der Waals surface area contributed by atoms with Crippen LogP contribution in [0.15, 0.2) is 18.2 Å². The van der Waals surface area contributed by atoms with E-state index < -0.39 is 0 Å². The second kappa shape index (κ2) is 6.75. The fourth-order valence-corrected chi connectivity index (χ4v) is 2.56. The summed E-state index contributed by atoms with van der Waals surface area (Å²) in [7, 11) is 0. The second-order valence-electron chi connectivity index (χ2n) is 5.50. The molecular weight excluding hydrogens is 264 g/mol. The molecule has 1 saturated heterocycles. The quantitative estimate of drug-likeness (QED) is 0.797. The SMILES string of the molecule is Cc1ccc(C(=O)N2CC(C)OC(C)C2)cc1C#CCN. The second-order valence-corrected chi connectivity index (χ2v) is 5.50. The molecule has 1 amide bonds. The largest absolute Gasteiger partial charge is 0.372 e. The minimum atomic E-state index is 0.0350. The van der Waals surface area contributed by atoms with Gasteiger partial charge in [-0.25, -0.2) is 0 Å². The van der Waals surface area contributed by atoms with E-state index in [1.807, 2.05) is 43.9 Å². The van der Waals surface area contributed by atoms with E-state index in [9.17, 15) is 4.79 Å². The van der Waals surface area contributed by atoms with Crippen LogP contribution in [0, 0.1) is 18.8 Å². The number of morpholine rings is 1. The van der Waals surface area contributed by atoms with Crippen LogP contribution in [0.25, 0.3) is 0 Å². The van der Waals surface area contributed by atoms with Crippen molar-refractivity contribution in [3.8, 4) is 11.8 Å². The van der Waals surface area contributed by atoms with Crippen molar-refractivity contribution in [1.29, 1.82) is 0 Å². The Morgan fingerprint density at radius 2 is 2.05 bits per heavy atom. The molecule has 0 spiro atoms. The lowest BCUT2D eigenvalue weighted by atomic mass is 10.0. The van der Waals surface area contributed by atoms with Gasteiger partial charge in [-0.3, -0.25) is 4.79 Å². The number of ether oxygens (including phenoxy) is 1. The van der Waals surface area contributed by atoms with Gasteiger partial charge in [0.2, 0.25) is 0 Å². The average Bonchev–Trinajstić information content (AvgIpc) is 2.44. The lowest BCUT2D eigenvalue weighted by Crippen LogP contribution is -2.48. The highest BCUT2D eigenvalue weighted by atomic mass is 16.5. The Labute approximate surface area is 126 Å². The van der Waals surface area contributed by atoms with Gasteiger partial charge in [-0.2, -0.15) is 0 Å². The standard InChI is InChI=1S/C17H22N2O2/c1-12-6-7-16(9-15(12)5-4-8-18)17(20)19-10-13(2)21-14(3)11-19/h6-7,9,13-14H,8,10-11,18H2,1-3H3. The van der Waals surface area contributed by atoms with Gasteiger partial charge < -0.3 is 15.4 Å². The Kier molecular flexibility index (Phi) is 5.00. The van der Waals surface area contributed by atoms with E-state index >= 15 is 0 Å². The third-order valence-corrected chi connectivity index (χ3v) is 3.52. The molecule has 4 heteroatoms. The van der Waals surface area contributed by atoms with Crippen molar-refractivity contribution >= 4 is 5.91 Å². The molecule has 21 heavy (non-hydrogen) atoms. The van der Waals surface area contributed by atoms with Crippen LogP contribution in [0.2, 0.25) is 0 Å². The van der Waals surface area contributed by atoms with Crippen LogP contribution >= 0.6 is 0 Å². The summed E-state index contributed by atoms with van der Waals surface area (Å²) in [6, 6.07) is 5.64. The highest BCUT2D eigenvalue weighted by Gasteiger charge is 2.26. The Morgan fingerprint density at radius 1 is 1.38 bits per heavy atom. The first kappa shape index (κ1) is 15.6. The Bertz CT molecular complexity index is 576. The molecule has 4 nitrogen and oxygen atoms in total. The van der Waals surface area contributed by atoms with Gasteiger partial charge in [0.1, 0.15) is 0 Å². The van der Waals surface area contributed by atoms with Gasteiger partial charge in [0.25, 0.3) is 5.91 Å². The van der Waals surface area contributed by atoms with Gasteiger partial charge in [-0.05, 0) is 38.5 Å². The maximum Gasteiger partial charge on any atom is 0.254 e. The summed E-state index contributed by atoms with van der Waals surface area (Å²) in [4.78, 5) is 14.5. The summed E-state index contributed by atoms with van der Waals surface area (Å²) in [5, 5.41) is 0. The molecule has 1 aliphatic heterocycles. The molecule has 2 unspecified atom stereocenters. The molecule has 1 aromatic rings. The molecule has 1 aromatic carbocycles. The number of benzene rings is 1. The molecule has 2 N–H and O–H groups in total. The highest BCUT2D eigenvalue weighted by Crippen LogP contribution is 2.16. The van der Waals surface area contributed by atoms with Crippen molar-refractivity contribution in [2.45, 2.75) is 33.0 Å². The lowest BCUT2D eigenvalue weighted by molar-refractivity contribution is -0.0586. The number of aryl methyl sites for hydroxylation is 1. The third-order valence-electron chi connectivity index (χ3n) is 3.52. The Hall–Kier alpha value is -1.83. The maximum atomic E-state index is 12.6. The van der Waals surface area contributed by atoms with E-state index in [1.165, 1.54) is 0 Å². The molecule has 112 valence electrons. The number of hydrogen-bond donors (Lipinski definition) is 1. The Morgan fingerprint density at radius 3 is 2.67 bits per heavy atom. The number of rotatable bonds is 1. The van der Waals surface area contributed by atoms with E-state index in [-0.39, 0.29) is 18.1 Å². The Balaban J connectivity index is 2.23. The predicted octanol–water partition coefficient (Wildman–Crippen LogP) is 1.55. The molecule has 0 saturated carbocycles. The van der Waals surface area contributed by atoms with Crippen molar-refractivity contribution in [2.75, 3.05) is 19.6 Å². The number of carbonyl (C=O) groups is 1. The van der Waals surface area contributed by atoms with Crippen LogP contribution in [-0.4, -0.2) is 42.6 Å². The van der Waals surface area contributed by atoms with Gasteiger partial charge >= 0.3 is 0 Å². The van der Waals surface area contributed by atoms with Crippen LogP contribution in [-0.2, 0) is 4.74 Å². The lowest BCUT2D eigenvalue weighted by Gasteiger charge is -2.35. The normalized spacial score (nSPS) is 21.6. The molecule has 0 radical (unpaired) electrons. The molecule has 1 heterocycles. The van der Waals surface area contributed by atoms with Crippen molar-refractivity contribution in [2.24, 2.45) is 5.73 Å². The molecule has 2 atom stereocenters. The van der Waals surface area contributed by atoms with Crippen LogP contribution in [0.5, 0.6) is 0 Å². The molecule has 0 aromatic heterocycles. The molecule has 0 bridgehead atoms. The number of carbonyl (C=O) groups excluding carboxylic acids is 1. The number of amides is 1. The van der Waals surface area contributed by atoms with Gasteiger partial charge in [0.05, 0.1) is 18.8 Å². The summed E-state index contributed by atoms with van der Waals surface area (Å²) in [6.45, 7) is 7.53. The van der Waals surface area contributed by atoms with Crippen molar-refractivity contribution in [3.05, 3.63) is 34.9 Å². The summed E-state index contributed by atoms with van der Waals surface area (Å²) in [6.07, 6.45) is 0.138. The molecule has 0 aliphatic carbocycles. The first-order chi connectivity index (χ1) is 10.0. The minimum Gasteiger partial charge on any atom is -0.372 e. The van der Waals surface area contributed by atoms with Crippen LogP contribution < -0.4 is 5.73 Å². The van der Waals surface area contributed by atoms with Crippen molar-refractivity contribution in [3.63, 3.8) is 0 Å². The van der Waals surface area contributed by atoms with Crippen LogP contribution in [0.1, 0.15) is 35.3 Å². The summed E-state index contributed by atoms with van der Waals surface area (Å²) in [5.41, 5.74) is 7.99. The highest BCUT2D eigenvalue weighted by molar-refractivity contribution is 5.94. The van der Waals surface area contributed by atoms with Crippen LogP contribution in [0.3, 0.4) is 0 Å². The molecule has 1 aliphatic rings. The molecular formula is C17H22N2O2. The van der Waals surface area contributed by atoms with Gasteiger partial charge in [0.15, 0.2) is 0 Å². The van der Waals surface area contributed by atoms with E-state index in [4.69, 9.17) is 10.5 Å². The maximum absolute atomic E-state index is 12.6. The zero-order valence-electron chi connectivity index (χ0n) is 12.8. The van der Waals surface area contributed by atoms with Gasteiger partial charge in [-0.15, -0.1) is 0 Å². The average molecular weight is 286 g/mol. The number of hydrogen-bond acceptors (Lipinski definition) is 3. The van der Waals surface area contributed by atoms with Gasteiger partial charge in [-0.1, -0.05) is 17.9 Å². The fourth-order valence-electron chi connectivity index (χ4n) is 2.56. The molecule has 1 fully saturated rings. The number of nitrogens with zero attached hydrogens (tertiary/aromatic N) is 1. The van der Waals surface area contributed by atoms with E-state index in [0.717, 1.165) is 11.1 Å². The fraction of sp³-hybridized carbons (Fsp3) is 0.471. The van der Waals surface area contributed by atoms with E-state index in [2.05, 4.69) is 11.8 Å². The zero-order chi connectivity index (χ0) is 15.4. The topological polar surface area (TPSA) is 55.6 Å². The first-order valence-electron chi connectivity index (χ1n) is 7.25. The van der Waals surface area contributed by atoms with Crippen molar-refractivity contribution in [1.82, 2.24) is 4.90 Å². The first-order valence-corrected chi connectivity index (χ1v) is 7.25. The van der Waals surface area contributed by atoms with Crippen LogP contribution in [0.4, 0.5) is 0 Å². The summed E-state index contributed by atoms with van der Waals surface area (Å²) >= 11 is 0. The smallest absolute Gasteiger partial charge is 0.254 e. The summed E-state index contributed by atoms with van der Waals surface area (Å²) in [5.74, 6) is 5.89.